The third-order valence-corrected chi connectivity index (χ3v) is 4.48. The second kappa shape index (κ2) is 6.65. The van der Waals surface area contributed by atoms with E-state index in [9.17, 15) is 0 Å². The molecule has 0 aliphatic rings. The smallest absolute Gasteiger partial charge is 0.143 e. The van der Waals surface area contributed by atoms with Gasteiger partial charge >= 0.3 is 0 Å². The van der Waals surface area contributed by atoms with Crippen LogP contribution in [0.1, 0.15) is 24.0 Å². The molecule has 0 bridgehead atoms. The number of benzene rings is 1. The average Bonchev–Trinajstić information content (AvgIpc) is 2.43. The second-order valence-electron chi connectivity index (χ2n) is 4.16. The second-order valence-corrected chi connectivity index (χ2v) is 6.15. The van der Waals surface area contributed by atoms with Crippen LogP contribution in [0.4, 0.5) is 5.82 Å². The molecule has 0 spiro atoms. The summed E-state index contributed by atoms with van der Waals surface area (Å²) in [7, 11) is 1.90. The maximum Gasteiger partial charge on any atom is 0.143 e. The van der Waals surface area contributed by atoms with Crippen LogP contribution in [0.5, 0.6) is 0 Å². The zero-order valence-corrected chi connectivity index (χ0v) is 14.6. The maximum atomic E-state index is 4.65. The molecule has 0 aliphatic carbocycles. The number of halogens is 2. The van der Waals surface area contributed by atoms with Gasteiger partial charge in [-0.15, -0.1) is 0 Å². The van der Waals surface area contributed by atoms with Gasteiger partial charge < -0.3 is 5.32 Å². The molecule has 0 atom stereocenters. The van der Waals surface area contributed by atoms with E-state index in [1.165, 1.54) is 5.56 Å². The highest BCUT2D eigenvalue weighted by Crippen LogP contribution is 2.20. The van der Waals surface area contributed by atoms with Crippen LogP contribution in [-0.2, 0) is 12.8 Å². The molecule has 0 saturated carbocycles. The standard InChI is InChI=1S/C14H15BrIN3/c1-3-11-13(16)14(17-2)19-12(18-11)8-9-4-6-10(15)7-5-9/h4-7H,3,8H2,1-2H3,(H,17,18,19). The van der Waals surface area contributed by atoms with Crippen molar-refractivity contribution < 1.29 is 0 Å². The van der Waals surface area contributed by atoms with Gasteiger partial charge in [0.15, 0.2) is 0 Å². The molecule has 2 rings (SSSR count). The molecule has 0 fully saturated rings. The Hall–Kier alpha value is -0.690. The fourth-order valence-electron chi connectivity index (χ4n) is 1.81. The zero-order chi connectivity index (χ0) is 13.8. The number of rotatable bonds is 4. The number of nitrogens with one attached hydrogen (secondary N) is 1. The number of aryl methyl sites for hydroxylation is 1. The van der Waals surface area contributed by atoms with E-state index in [1.807, 2.05) is 19.2 Å². The zero-order valence-electron chi connectivity index (χ0n) is 10.9. The van der Waals surface area contributed by atoms with Crippen LogP contribution in [0.2, 0.25) is 0 Å². The van der Waals surface area contributed by atoms with Gasteiger partial charge in [-0.3, -0.25) is 0 Å². The third-order valence-electron chi connectivity index (χ3n) is 2.81. The molecule has 1 N–H and O–H groups in total. The number of aromatic nitrogens is 2. The predicted octanol–water partition coefficient (Wildman–Crippen LogP) is 4.04. The molecule has 5 heteroatoms. The first-order valence-corrected chi connectivity index (χ1v) is 7.98. The molecule has 0 radical (unpaired) electrons. The van der Waals surface area contributed by atoms with Gasteiger partial charge in [-0.1, -0.05) is 35.0 Å². The molecule has 2 aromatic rings. The Balaban J connectivity index is 2.32. The summed E-state index contributed by atoms with van der Waals surface area (Å²) in [6.45, 7) is 2.12. The Bertz CT molecular complexity index is 544. The van der Waals surface area contributed by atoms with Crippen molar-refractivity contribution >= 4 is 44.3 Å². The highest BCUT2D eigenvalue weighted by atomic mass is 127. The van der Waals surface area contributed by atoms with Crippen molar-refractivity contribution in [3.63, 3.8) is 0 Å². The minimum absolute atomic E-state index is 0.756. The maximum absolute atomic E-state index is 4.65. The summed E-state index contributed by atoms with van der Waals surface area (Å²) in [5, 5.41) is 3.14. The van der Waals surface area contributed by atoms with Crippen molar-refractivity contribution in [3.8, 4) is 0 Å². The van der Waals surface area contributed by atoms with Crippen LogP contribution >= 0.6 is 38.5 Å². The first kappa shape index (κ1) is 14.7. The Kier molecular flexibility index (Phi) is 5.15. The third kappa shape index (κ3) is 3.66. The van der Waals surface area contributed by atoms with Gasteiger partial charge in [0, 0.05) is 17.9 Å². The molecule has 0 saturated heterocycles. The van der Waals surface area contributed by atoms with E-state index in [0.29, 0.717) is 0 Å². The minimum atomic E-state index is 0.756. The Labute approximate surface area is 135 Å². The molecule has 0 aliphatic heterocycles. The summed E-state index contributed by atoms with van der Waals surface area (Å²) < 4.78 is 2.20. The van der Waals surface area contributed by atoms with Crippen LogP contribution in [-0.4, -0.2) is 17.0 Å². The number of hydrogen-bond donors (Lipinski definition) is 1. The Morgan fingerprint density at radius 3 is 2.47 bits per heavy atom. The number of anilines is 1. The Morgan fingerprint density at radius 2 is 1.89 bits per heavy atom. The van der Waals surface area contributed by atoms with Crippen molar-refractivity contribution in [2.75, 3.05) is 12.4 Å². The average molecular weight is 432 g/mol. The number of hydrogen-bond acceptors (Lipinski definition) is 3. The predicted molar refractivity (Wildman–Crippen MR) is 90.6 cm³/mol. The van der Waals surface area contributed by atoms with Gasteiger partial charge in [-0.05, 0) is 46.7 Å². The van der Waals surface area contributed by atoms with Crippen molar-refractivity contribution in [1.82, 2.24) is 9.97 Å². The lowest BCUT2D eigenvalue weighted by Crippen LogP contribution is -2.07. The molecular formula is C14H15BrIN3. The van der Waals surface area contributed by atoms with Crippen LogP contribution in [0, 0.1) is 3.57 Å². The molecule has 3 nitrogen and oxygen atoms in total. The van der Waals surface area contributed by atoms with Gasteiger partial charge in [0.25, 0.3) is 0 Å². The van der Waals surface area contributed by atoms with Gasteiger partial charge in [0.2, 0.25) is 0 Å². The summed E-state index contributed by atoms with van der Waals surface area (Å²) >= 11 is 5.74. The first-order valence-electron chi connectivity index (χ1n) is 6.11. The highest BCUT2D eigenvalue weighted by Gasteiger charge is 2.10. The first-order chi connectivity index (χ1) is 9.13. The summed E-state index contributed by atoms with van der Waals surface area (Å²) in [6.07, 6.45) is 1.68. The van der Waals surface area contributed by atoms with Gasteiger partial charge in [-0.2, -0.15) is 0 Å². The van der Waals surface area contributed by atoms with Gasteiger partial charge in [0.1, 0.15) is 11.6 Å². The van der Waals surface area contributed by atoms with E-state index in [-0.39, 0.29) is 0 Å². The summed E-state index contributed by atoms with van der Waals surface area (Å²) in [5.74, 6) is 1.78. The molecule has 0 amide bonds. The van der Waals surface area contributed by atoms with E-state index in [4.69, 9.17) is 0 Å². The Morgan fingerprint density at radius 1 is 1.21 bits per heavy atom. The van der Waals surface area contributed by atoms with Crippen LogP contribution in [0.3, 0.4) is 0 Å². The largest absolute Gasteiger partial charge is 0.372 e. The van der Waals surface area contributed by atoms with Gasteiger partial charge in [0.05, 0.1) is 9.26 Å². The quantitative estimate of drug-likeness (QED) is 0.742. The monoisotopic (exact) mass is 431 g/mol. The minimum Gasteiger partial charge on any atom is -0.372 e. The molecule has 1 heterocycles. The van der Waals surface area contributed by atoms with Crippen molar-refractivity contribution in [2.24, 2.45) is 0 Å². The molecular weight excluding hydrogens is 417 g/mol. The lowest BCUT2D eigenvalue weighted by molar-refractivity contribution is 0.897. The molecule has 19 heavy (non-hydrogen) atoms. The number of nitrogens with zero attached hydrogens (tertiary/aromatic N) is 2. The topological polar surface area (TPSA) is 37.8 Å². The van der Waals surface area contributed by atoms with Crippen molar-refractivity contribution in [3.05, 3.63) is 49.4 Å². The fourth-order valence-corrected chi connectivity index (χ4v) is 2.97. The normalized spacial score (nSPS) is 10.5. The lowest BCUT2D eigenvalue weighted by atomic mass is 10.1. The van der Waals surface area contributed by atoms with Gasteiger partial charge in [-0.25, -0.2) is 9.97 Å². The molecule has 0 unspecified atom stereocenters. The fraction of sp³-hybridized carbons (Fsp3) is 0.286. The van der Waals surface area contributed by atoms with Crippen LogP contribution in [0.25, 0.3) is 0 Å². The van der Waals surface area contributed by atoms with Crippen molar-refractivity contribution in [1.29, 1.82) is 0 Å². The summed E-state index contributed by atoms with van der Waals surface area (Å²) in [5.41, 5.74) is 2.32. The van der Waals surface area contributed by atoms with Crippen molar-refractivity contribution in [2.45, 2.75) is 19.8 Å². The SMILES string of the molecule is CCc1nc(Cc2ccc(Br)cc2)nc(NC)c1I. The summed E-state index contributed by atoms with van der Waals surface area (Å²) in [6, 6.07) is 8.27. The van der Waals surface area contributed by atoms with E-state index in [2.05, 4.69) is 72.9 Å². The summed E-state index contributed by atoms with van der Waals surface area (Å²) in [4.78, 5) is 9.22. The van der Waals surface area contributed by atoms with E-state index >= 15 is 0 Å². The van der Waals surface area contributed by atoms with Crippen LogP contribution in [0.15, 0.2) is 28.7 Å². The van der Waals surface area contributed by atoms with E-state index < -0.39 is 0 Å². The van der Waals surface area contributed by atoms with Crippen LogP contribution < -0.4 is 5.32 Å². The molecule has 1 aromatic heterocycles. The van der Waals surface area contributed by atoms with E-state index in [1.54, 1.807) is 0 Å². The molecule has 1 aromatic carbocycles. The van der Waals surface area contributed by atoms with E-state index in [0.717, 1.165) is 38.2 Å². The lowest BCUT2D eigenvalue weighted by Gasteiger charge is -2.10. The molecule has 100 valence electrons. The highest BCUT2D eigenvalue weighted by molar-refractivity contribution is 14.1.